The number of esters is 1. The van der Waals surface area contributed by atoms with Crippen LogP contribution < -0.4 is 0 Å². The first-order valence-electron chi connectivity index (χ1n) is 20.3. The maximum atomic E-state index is 12.6. The second kappa shape index (κ2) is 11.6. The number of hydrogen-bond acceptors (Lipinski definition) is 9. The Morgan fingerprint density at radius 3 is 2.29 bits per heavy atom. The van der Waals surface area contributed by atoms with Crippen molar-refractivity contribution in [3.05, 3.63) is 0 Å². The molecule has 0 aromatic heterocycles. The van der Waals surface area contributed by atoms with Gasteiger partial charge in [0.1, 0.15) is 5.54 Å². The van der Waals surface area contributed by atoms with Crippen LogP contribution in [0.15, 0.2) is 0 Å². The van der Waals surface area contributed by atoms with Crippen LogP contribution in [-0.4, -0.2) is 99.8 Å². The van der Waals surface area contributed by atoms with E-state index in [1.165, 1.54) is 19.8 Å². The van der Waals surface area contributed by atoms with Crippen molar-refractivity contribution in [3.63, 3.8) is 0 Å². The molecule has 0 radical (unpaired) electrons. The Bertz CT molecular complexity index is 1420. The number of nitrogens with zero attached hydrogens (tertiary/aromatic N) is 1. The van der Waals surface area contributed by atoms with Crippen LogP contribution in [0.1, 0.15) is 126 Å². The third kappa shape index (κ3) is 4.80. The minimum Gasteiger partial charge on any atom is -0.480 e. The fourth-order valence-corrected chi connectivity index (χ4v) is 15.1. The molecule has 2 heterocycles. The SMILES string of the molecule is CC(=O)OC(C1CC(C)C2C(O1)C(O)C1(C)C3CCC4C(C)(C)C(OC5CN(C6(C(=O)O)CCC6)CCO5)CCC45CC35CCC21C)C(C)(C)O. The van der Waals surface area contributed by atoms with Crippen LogP contribution in [0.2, 0.25) is 0 Å². The molecule has 10 heteroatoms. The van der Waals surface area contributed by atoms with Gasteiger partial charge in [-0.3, -0.25) is 14.5 Å². The first-order valence-corrected chi connectivity index (χ1v) is 20.3. The highest BCUT2D eigenvalue weighted by Crippen LogP contribution is 2.89. The van der Waals surface area contributed by atoms with Gasteiger partial charge in [0, 0.05) is 18.9 Å². The molecule has 0 aromatic rings. The standard InChI is InChI=1S/C41H65NO9/c1-23-20-25(33(36(5,6)47)49-24(2)43)50-31-30(23)37(7)16-17-40-22-39(40)15-12-28(35(3,4)26(39)10-11-27(40)38(37,8)32(31)44)51-29-21-42(18-19-48-29)41(34(45)46)13-9-14-41/h23,25-33,44,47H,9-22H2,1-8H3,(H,45,46). The van der Waals surface area contributed by atoms with Crippen LogP contribution in [0, 0.1) is 50.7 Å². The zero-order chi connectivity index (χ0) is 36.7. The number of aliphatic hydroxyl groups is 2. The molecule has 10 nitrogen and oxygen atoms in total. The predicted molar refractivity (Wildman–Crippen MR) is 188 cm³/mol. The number of carbonyl (C=O) groups excluding carboxylic acids is 1. The normalized spacial score (nSPS) is 50.3. The van der Waals surface area contributed by atoms with Crippen molar-refractivity contribution >= 4 is 11.9 Å². The molecule has 14 atom stereocenters. The third-order valence-corrected chi connectivity index (χ3v) is 17.6. The monoisotopic (exact) mass is 715 g/mol. The number of aliphatic carboxylic acids is 1. The Balaban J connectivity index is 1.02. The summed E-state index contributed by atoms with van der Waals surface area (Å²) in [6.45, 7) is 18.3. The molecule has 8 fully saturated rings. The lowest BCUT2D eigenvalue weighted by molar-refractivity contribution is -0.257. The Labute approximate surface area is 304 Å². The van der Waals surface area contributed by atoms with Crippen LogP contribution in [0.4, 0.5) is 0 Å². The van der Waals surface area contributed by atoms with Crippen molar-refractivity contribution in [3.8, 4) is 0 Å². The van der Waals surface area contributed by atoms with Gasteiger partial charge in [-0.1, -0.05) is 34.6 Å². The molecule has 8 rings (SSSR count). The maximum absolute atomic E-state index is 12.6. The molecule has 8 aliphatic rings. The van der Waals surface area contributed by atoms with Crippen molar-refractivity contribution in [1.82, 2.24) is 4.90 Å². The van der Waals surface area contributed by atoms with E-state index in [4.69, 9.17) is 18.9 Å². The van der Waals surface area contributed by atoms with Gasteiger partial charge in [-0.05, 0) is 130 Å². The van der Waals surface area contributed by atoms with E-state index in [0.29, 0.717) is 50.8 Å². The molecule has 14 unspecified atom stereocenters. The van der Waals surface area contributed by atoms with Crippen LogP contribution in [0.25, 0.3) is 0 Å². The summed E-state index contributed by atoms with van der Waals surface area (Å²) >= 11 is 0. The number of fused-ring (bicyclic) bond motifs is 4. The molecular weight excluding hydrogens is 650 g/mol. The molecule has 6 aliphatic carbocycles. The molecule has 0 aromatic carbocycles. The topological polar surface area (TPSA) is 135 Å². The largest absolute Gasteiger partial charge is 0.480 e. The quantitative estimate of drug-likeness (QED) is 0.288. The summed E-state index contributed by atoms with van der Waals surface area (Å²) in [5.74, 6) is 0.194. The van der Waals surface area contributed by atoms with E-state index in [2.05, 4.69) is 39.5 Å². The highest BCUT2D eigenvalue weighted by molar-refractivity contribution is 5.80. The summed E-state index contributed by atoms with van der Waals surface area (Å²) in [6.07, 6.45) is 8.15. The lowest BCUT2D eigenvalue weighted by atomic mass is 9.41. The Morgan fingerprint density at radius 1 is 0.980 bits per heavy atom. The lowest BCUT2D eigenvalue weighted by Crippen LogP contribution is -2.64. The second-order valence-electron chi connectivity index (χ2n) is 20.3. The van der Waals surface area contributed by atoms with Gasteiger partial charge in [-0.15, -0.1) is 0 Å². The van der Waals surface area contributed by atoms with Gasteiger partial charge in [-0.2, -0.15) is 0 Å². The van der Waals surface area contributed by atoms with Crippen LogP contribution in [-0.2, 0) is 28.5 Å². The summed E-state index contributed by atoms with van der Waals surface area (Å²) in [7, 11) is 0. The first-order chi connectivity index (χ1) is 23.8. The highest BCUT2D eigenvalue weighted by Gasteiger charge is 2.84. The molecule has 0 amide bonds. The van der Waals surface area contributed by atoms with E-state index >= 15 is 0 Å². The minimum atomic E-state index is -1.27. The minimum absolute atomic E-state index is 0.0472. The Hall–Kier alpha value is -1.30. The van der Waals surface area contributed by atoms with Crippen LogP contribution >= 0.6 is 0 Å². The Morgan fingerprint density at radius 2 is 1.67 bits per heavy atom. The average molecular weight is 716 g/mol. The van der Waals surface area contributed by atoms with Gasteiger partial charge >= 0.3 is 11.9 Å². The summed E-state index contributed by atoms with van der Waals surface area (Å²) in [5, 5.41) is 33.7. The molecular formula is C41H65NO9. The first kappa shape index (κ1) is 36.7. The number of rotatable bonds is 7. The second-order valence-corrected chi connectivity index (χ2v) is 20.3. The van der Waals surface area contributed by atoms with Gasteiger partial charge < -0.3 is 34.3 Å². The van der Waals surface area contributed by atoms with E-state index < -0.39 is 47.7 Å². The molecule has 288 valence electrons. The lowest BCUT2D eigenvalue weighted by Gasteiger charge is -2.64. The van der Waals surface area contributed by atoms with Crippen LogP contribution in [0.5, 0.6) is 0 Å². The summed E-state index contributed by atoms with van der Waals surface area (Å²) in [5.41, 5.74) is -2.05. The summed E-state index contributed by atoms with van der Waals surface area (Å²) in [4.78, 5) is 26.5. The summed E-state index contributed by atoms with van der Waals surface area (Å²) in [6, 6.07) is 0. The number of carbonyl (C=O) groups is 2. The zero-order valence-electron chi connectivity index (χ0n) is 32.4. The molecule has 2 aliphatic heterocycles. The van der Waals surface area contributed by atoms with E-state index in [9.17, 15) is 24.9 Å². The number of morpholine rings is 1. The maximum Gasteiger partial charge on any atom is 0.324 e. The number of aliphatic hydroxyl groups excluding tert-OH is 1. The molecule has 0 bridgehead atoms. The van der Waals surface area contributed by atoms with E-state index in [0.717, 1.165) is 38.5 Å². The van der Waals surface area contributed by atoms with E-state index in [-0.39, 0.29) is 51.1 Å². The number of carboxylic acid groups (broad SMARTS) is 1. The van der Waals surface area contributed by atoms with Gasteiger partial charge in [0.25, 0.3) is 0 Å². The van der Waals surface area contributed by atoms with Crippen molar-refractivity contribution < 1.29 is 43.9 Å². The smallest absolute Gasteiger partial charge is 0.324 e. The fraction of sp³-hybridized carbons (Fsp3) is 0.951. The average Bonchev–Trinajstić information content (AvgIpc) is 3.65. The van der Waals surface area contributed by atoms with Crippen molar-refractivity contribution in [2.24, 2.45) is 50.7 Å². The predicted octanol–water partition coefficient (Wildman–Crippen LogP) is 5.55. The number of carboxylic acids is 1. The van der Waals surface area contributed by atoms with Gasteiger partial charge in [0.2, 0.25) is 0 Å². The molecule has 51 heavy (non-hydrogen) atoms. The van der Waals surface area contributed by atoms with Crippen LogP contribution in [0.3, 0.4) is 0 Å². The van der Waals surface area contributed by atoms with Crippen molar-refractivity contribution in [1.29, 1.82) is 0 Å². The van der Waals surface area contributed by atoms with Gasteiger partial charge in [-0.25, -0.2) is 0 Å². The number of ether oxygens (including phenoxy) is 4. The molecule has 6 saturated carbocycles. The Kier molecular flexibility index (Phi) is 8.35. The summed E-state index contributed by atoms with van der Waals surface area (Å²) < 4.78 is 25.6. The van der Waals surface area contributed by atoms with E-state index in [1.807, 2.05) is 0 Å². The fourth-order valence-electron chi connectivity index (χ4n) is 15.1. The van der Waals surface area contributed by atoms with Crippen molar-refractivity contribution in [2.75, 3.05) is 19.7 Å². The van der Waals surface area contributed by atoms with E-state index in [1.54, 1.807) is 13.8 Å². The van der Waals surface area contributed by atoms with Gasteiger partial charge in [0.05, 0.1) is 43.2 Å². The molecule has 3 N–H and O–H groups in total. The van der Waals surface area contributed by atoms with Crippen molar-refractivity contribution in [2.45, 2.75) is 174 Å². The number of hydrogen-bond donors (Lipinski definition) is 3. The molecule has 2 saturated heterocycles. The van der Waals surface area contributed by atoms with Gasteiger partial charge in [0.15, 0.2) is 12.4 Å². The highest BCUT2D eigenvalue weighted by atomic mass is 16.7. The zero-order valence-corrected chi connectivity index (χ0v) is 32.4. The third-order valence-electron chi connectivity index (χ3n) is 17.6. The molecule has 2 spiro atoms.